The Kier molecular flexibility index (Phi) is 8.16. The van der Waals surface area contributed by atoms with Crippen molar-refractivity contribution in [3.63, 3.8) is 0 Å². The zero-order valence-corrected chi connectivity index (χ0v) is 21.7. The van der Waals surface area contributed by atoms with Crippen LogP contribution in [0.15, 0.2) is 54.6 Å². The molecule has 0 aromatic heterocycles. The number of aliphatic carboxylic acids is 1. The number of carboxylic acid groups (broad SMARTS) is 1. The number of amides is 4. The van der Waals surface area contributed by atoms with Crippen molar-refractivity contribution >= 4 is 23.8 Å². The van der Waals surface area contributed by atoms with Gasteiger partial charge in [-0.05, 0) is 36.6 Å². The average molecular weight is 524 g/mol. The third-order valence-corrected chi connectivity index (χ3v) is 7.08. The van der Waals surface area contributed by atoms with E-state index < -0.39 is 24.2 Å². The molecule has 2 heterocycles. The maximum absolute atomic E-state index is 13.7. The summed E-state index contributed by atoms with van der Waals surface area (Å²) < 4.78 is 5.18. The number of nitrogens with zero attached hydrogens (tertiary/aromatic N) is 4. The lowest BCUT2D eigenvalue weighted by molar-refractivity contribution is -0.189. The molecular formula is C27H33N5O6. The highest BCUT2D eigenvalue weighted by molar-refractivity contribution is 5.92. The number of fused-ring (bicyclic) bond motifs is 1. The van der Waals surface area contributed by atoms with E-state index in [1.165, 1.54) is 9.91 Å². The number of hydrogen-bond acceptors (Lipinski definition) is 6. The highest BCUT2D eigenvalue weighted by Gasteiger charge is 2.51. The summed E-state index contributed by atoms with van der Waals surface area (Å²) >= 11 is 0. The lowest BCUT2D eigenvalue weighted by Gasteiger charge is -2.55. The lowest BCUT2D eigenvalue weighted by Crippen LogP contribution is -2.76. The van der Waals surface area contributed by atoms with Crippen molar-refractivity contribution in [1.82, 2.24) is 25.1 Å². The molecule has 0 bridgehead atoms. The number of rotatable bonds is 8. The summed E-state index contributed by atoms with van der Waals surface area (Å²) in [4.78, 5) is 54.8. The number of carbonyl (C=O) groups excluding carboxylic acids is 3. The van der Waals surface area contributed by atoms with Crippen LogP contribution in [0.2, 0.25) is 0 Å². The maximum Gasteiger partial charge on any atom is 0.334 e. The van der Waals surface area contributed by atoms with Crippen molar-refractivity contribution in [1.29, 1.82) is 0 Å². The van der Waals surface area contributed by atoms with Crippen LogP contribution in [0.5, 0.6) is 5.75 Å². The largest absolute Gasteiger partial charge is 0.497 e. The molecule has 3 atom stereocenters. The van der Waals surface area contributed by atoms with Gasteiger partial charge < -0.3 is 25.0 Å². The molecule has 2 fully saturated rings. The minimum absolute atomic E-state index is 0.0422. The number of methoxy groups -OCH3 is 1. The first kappa shape index (κ1) is 26.9. The highest BCUT2D eigenvalue weighted by atomic mass is 16.5. The van der Waals surface area contributed by atoms with Gasteiger partial charge >= 0.3 is 12.0 Å². The summed E-state index contributed by atoms with van der Waals surface area (Å²) in [6, 6.07) is 15.0. The molecule has 2 aromatic rings. The summed E-state index contributed by atoms with van der Waals surface area (Å²) in [5.74, 6) is -1.00. The first-order valence-corrected chi connectivity index (χ1v) is 12.5. The SMILES string of the molecule is COc1ccc(CNC(=O)N2[C@H]3CN(C(C)c4ccccc4)C(=O)C(CCC(=O)O)N3C(=O)CN2C)cc1. The number of carbonyl (C=O) groups is 4. The van der Waals surface area contributed by atoms with Crippen molar-refractivity contribution in [3.05, 3.63) is 65.7 Å². The van der Waals surface area contributed by atoms with Gasteiger partial charge in [0.15, 0.2) is 0 Å². The predicted octanol–water partition coefficient (Wildman–Crippen LogP) is 2.06. The van der Waals surface area contributed by atoms with Crippen LogP contribution in [0.3, 0.4) is 0 Å². The monoisotopic (exact) mass is 523 g/mol. The first-order chi connectivity index (χ1) is 18.2. The number of benzene rings is 2. The summed E-state index contributed by atoms with van der Waals surface area (Å²) in [6.07, 6.45) is -1.11. The van der Waals surface area contributed by atoms with Crippen LogP contribution in [0.1, 0.15) is 36.9 Å². The number of hydrazine groups is 1. The number of hydrogen-bond donors (Lipinski definition) is 2. The van der Waals surface area contributed by atoms with Gasteiger partial charge in [-0.3, -0.25) is 14.4 Å². The summed E-state index contributed by atoms with van der Waals surface area (Å²) in [5, 5.41) is 15.2. The number of likely N-dealkylation sites (N-methyl/N-ethyl adjacent to an activating group) is 1. The van der Waals surface area contributed by atoms with Gasteiger partial charge in [0.25, 0.3) is 0 Å². The standard InChI is InChI=1S/C27H33N5O6/c1-18(20-7-5-4-6-8-20)30-16-23-31(22(26(30)36)13-14-25(34)35)24(33)17-29(2)32(23)27(37)28-15-19-9-11-21(38-3)12-10-19/h4-12,18,22-23H,13-17H2,1-3H3,(H,28,37)(H,34,35)/t18?,22?,23-/m0/s1. The van der Waals surface area contributed by atoms with Gasteiger partial charge in [-0.15, -0.1) is 0 Å². The summed E-state index contributed by atoms with van der Waals surface area (Å²) in [6.45, 7) is 2.11. The Bertz CT molecular complexity index is 1170. The Morgan fingerprint density at radius 1 is 1.11 bits per heavy atom. The zero-order valence-electron chi connectivity index (χ0n) is 21.7. The van der Waals surface area contributed by atoms with Gasteiger partial charge in [-0.1, -0.05) is 42.5 Å². The van der Waals surface area contributed by atoms with E-state index in [2.05, 4.69) is 5.32 Å². The molecule has 4 rings (SSSR count). The van der Waals surface area contributed by atoms with Crippen LogP contribution in [0.4, 0.5) is 4.79 Å². The van der Waals surface area contributed by atoms with Gasteiger partial charge in [0.2, 0.25) is 11.8 Å². The number of carboxylic acids is 1. The van der Waals surface area contributed by atoms with Crippen molar-refractivity contribution in [2.24, 2.45) is 0 Å². The highest BCUT2D eigenvalue weighted by Crippen LogP contribution is 2.32. The molecule has 0 spiro atoms. The Morgan fingerprint density at radius 3 is 2.42 bits per heavy atom. The smallest absolute Gasteiger partial charge is 0.334 e. The lowest BCUT2D eigenvalue weighted by atomic mass is 9.98. The zero-order chi connectivity index (χ0) is 27.4. The predicted molar refractivity (Wildman–Crippen MR) is 138 cm³/mol. The fourth-order valence-electron chi connectivity index (χ4n) is 5.06. The van der Waals surface area contributed by atoms with E-state index >= 15 is 0 Å². The minimum atomic E-state index is -1.06. The van der Waals surface area contributed by atoms with Crippen molar-refractivity contribution in [3.8, 4) is 5.75 Å². The third kappa shape index (κ3) is 5.57. The number of urea groups is 1. The molecule has 2 aromatic carbocycles. The summed E-state index contributed by atoms with van der Waals surface area (Å²) in [7, 11) is 3.23. The fourth-order valence-corrected chi connectivity index (χ4v) is 5.06. The van der Waals surface area contributed by atoms with E-state index in [-0.39, 0.29) is 50.3 Å². The molecule has 0 aliphatic carbocycles. The Morgan fingerprint density at radius 2 is 1.79 bits per heavy atom. The molecule has 2 aliphatic heterocycles. The van der Waals surface area contributed by atoms with Gasteiger partial charge in [-0.2, -0.15) is 0 Å². The van der Waals surface area contributed by atoms with Crippen molar-refractivity contribution in [2.45, 2.75) is 44.6 Å². The van der Waals surface area contributed by atoms with Crippen LogP contribution in [-0.2, 0) is 20.9 Å². The Labute approximate surface area is 221 Å². The molecule has 11 heteroatoms. The molecule has 202 valence electrons. The van der Waals surface area contributed by atoms with Crippen molar-refractivity contribution < 1.29 is 29.0 Å². The van der Waals surface area contributed by atoms with Crippen molar-refractivity contribution in [2.75, 3.05) is 27.2 Å². The molecule has 4 amide bonds. The van der Waals surface area contributed by atoms with Crippen LogP contribution in [-0.4, -0.2) is 88.2 Å². The van der Waals surface area contributed by atoms with E-state index in [9.17, 15) is 24.3 Å². The molecule has 2 N–H and O–H groups in total. The van der Waals surface area contributed by atoms with Crippen LogP contribution >= 0.6 is 0 Å². The number of ether oxygens (including phenoxy) is 1. The Balaban J connectivity index is 1.61. The number of piperazine rings is 1. The van der Waals surface area contributed by atoms with Crippen LogP contribution in [0.25, 0.3) is 0 Å². The molecule has 38 heavy (non-hydrogen) atoms. The van der Waals surface area contributed by atoms with Gasteiger partial charge in [0, 0.05) is 20.0 Å². The van der Waals surface area contributed by atoms with Gasteiger partial charge in [0.05, 0.1) is 26.2 Å². The molecule has 2 unspecified atom stereocenters. The van der Waals surface area contributed by atoms with Crippen LogP contribution < -0.4 is 10.1 Å². The van der Waals surface area contributed by atoms with E-state index in [0.717, 1.165) is 11.1 Å². The third-order valence-electron chi connectivity index (χ3n) is 7.08. The van der Waals surface area contributed by atoms with Crippen LogP contribution in [0, 0.1) is 0 Å². The molecule has 0 radical (unpaired) electrons. The second-order valence-corrected chi connectivity index (χ2v) is 9.47. The number of nitrogens with one attached hydrogen (secondary N) is 1. The van der Waals surface area contributed by atoms with E-state index in [1.54, 1.807) is 36.2 Å². The second kappa shape index (κ2) is 11.5. The van der Waals surface area contributed by atoms with Gasteiger partial charge in [0.1, 0.15) is 18.0 Å². The van der Waals surface area contributed by atoms with Gasteiger partial charge in [-0.25, -0.2) is 14.8 Å². The minimum Gasteiger partial charge on any atom is -0.497 e. The van der Waals surface area contributed by atoms with E-state index in [4.69, 9.17) is 4.74 Å². The average Bonchev–Trinajstić information content (AvgIpc) is 2.91. The molecule has 2 saturated heterocycles. The summed E-state index contributed by atoms with van der Waals surface area (Å²) in [5.41, 5.74) is 1.77. The van der Waals surface area contributed by atoms with E-state index in [0.29, 0.717) is 5.75 Å². The molecule has 2 aliphatic rings. The van der Waals surface area contributed by atoms with E-state index in [1.807, 2.05) is 49.4 Å². The Hall–Kier alpha value is -4.12. The molecular weight excluding hydrogens is 490 g/mol. The quantitative estimate of drug-likeness (QED) is 0.543. The fraction of sp³-hybridized carbons (Fsp3) is 0.407. The topological polar surface area (TPSA) is 123 Å². The normalized spacial score (nSPS) is 20.7. The first-order valence-electron chi connectivity index (χ1n) is 12.5. The second-order valence-electron chi connectivity index (χ2n) is 9.47. The molecule has 0 saturated carbocycles. The maximum atomic E-state index is 13.7. The molecule has 11 nitrogen and oxygen atoms in total.